The van der Waals surface area contributed by atoms with Crippen molar-refractivity contribution in [3.63, 3.8) is 0 Å². The molecule has 0 radical (unpaired) electrons. The highest BCUT2D eigenvalue weighted by Crippen LogP contribution is 2.42. The van der Waals surface area contributed by atoms with Crippen molar-refractivity contribution in [1.29, 1.82) is 5.26 Å². The van der Waals surface area contributed by atoms with Gasteiger partial charge in [0.1, 0.15) is 5.52 Å². The Labute approximate surface area is 219 Å². The van der Waals surface area contributed by atoms with E-state index in [1.165, 1.54) is 3.97 Å². The van der Waals surface area contributed by atoms with E-state index < -0.39 is 10.0 Å². The Balaban J connectivity index is 1.57. The van der Waals surface area contributed by atoms with Crippen LogP contribution in [-0.4, -0.2) is 31.9 Å². The van der Waals surface area contributed by atoms with Crippen molar-refractivity contribution in [2.45, 2.75) is 56.9 Å². The zero-order valence-electron chi connectivity index (χ0n) is 20.6. The number of hydrogen-bond acceptors (Lipinski definition) is 7. The largest absolute Gasteiger partial charge is 0.319 e. The first kappa shape index (κ1) is 23.8. The molecule has 0 amide bonds. The molecule has 1 aliphatic rings. The molecule has 4 heterocycles. The Morgan fingerprint density at radius 3 is 2.51 bits per heavy atom. The molecule has 4 aromatic heterocycles. The molecule has 0 unspecified atom stereocenters. The fourth-order valence-electron chi connectivity index (χ4n) is 5.54. The highest BCUT2D eigenvalue weighted by atomic mass is 32.2. The fraction of sp³-hybridized carbons (Fsp3) is 0.333. The predicted octanol–water partition coefficient (Wildman–Crippen LogP) is 6.01. The lowest BCUT2D eigenvalue weighted by molar-refractivity contribution is 0.283. The van der Waals surface area contributed by atoms with E-state index in [1.54, 1.807) is 54.1 Å². The Morgan fingerprint density at radius 2 is 1.84 bits per heavy atom. The van der Waals surface area contributed by atoms with Crippen molar-refractivity contribution in [2.75, 3.05) is 0 Å². The maximum atomic E-state index is 13.5. The monoisotopic (exact) mass is 530 g/mol. The third kappa shape index (κ3) is 3.93. The summed E-state index contributed by atoms with van der Waals surface area (Å²) in [4.78, 5) is 15.5. The Hall–Kier alpha value is -3.55. The van der Waals surface area contributed by atoms with Crippen molar-refractivity contribution in [1.82, 2.24) is 23.5 Å². The lowest BCUT2D eigenvalue weighted by atomic mass is 9.84. The highest BCUT2D eigenvalue weighted by Gasteiger charge is 2.30. The number of thiazole rings is 1. The average molecular weight is 531 g/mol. The van der Waals surface area contributed by atoms with Gasteiger partial charge in [-0.15, -0.1) is 11.3 Å². The molecule has 1 fully saturated rings. The molecule has 188 valence electrons. The standard InChI is InChI=1S/C27H26N6O2S2/c1-17-25(36-18(2)30-17)27-31-23-16-29-26-22(13-15-32(26)37(34,35)21-6-4-3-5-7-21)24(23)33(27)20-10-8-19(9-11-20)12-14-28/h3-7,13,15-16,19-20H,8-12H2,1-2H3/t19-,20-. The summed E-state index contributed by atoms with van der Waals surface area (Å²) in [7, 11) is -3.81. The van der Waals surface area contributed by atoms with Crippen LogP contribution in [-0.2, 0) is 10.0 Å². The average Bonchev–Trinajstić information content (AvgIpc) is 3.59. The number of hydrogen-bond donors (Lipinski definition) is 0. The zero-order chi connectivity index (χ0) is 25.7. The second-order valence-corrected chi connectivity index (χ2v) is 12.7. The third-order valence-electron chi connectivity index (χ3n) is 7.30. The van der Waals surface area contributed by atoms with Crippen LogP contribution in [0.2, 0.25) is 0 Å². The Kier molecular flexibility index (Phi) is 5.85. The number of benzene rings is 1. The van der Waals surface area contributed by atoms with Crippen LogP contribution < -0.4 is 0 Å². The Bertz CT molecular complexity index is 1770. The molecule has 0 N–H and O–H groups in total. The minimum absolute atomic E-state index is 0.191. The summed E-state index contributed by atoms with van der Waals surface area (Å²) >= 11 is 1.62. The predicted molar refractivity (Wildman–Crippen MR) is 144 cm³/mol. The van der Waals surface area contributed by atoms with Gasteiger partial charge in [-0.25, -0.2) is 27.3 Å². The topological polar surface area (TPSA) is 106 Å². The van der Waals surface area contributed by atoms with Crippen LogP contribution >= 0.6 is 11.3 Å². The van der Waals surface area contributed by atoms with Gasteiger partial charge in [-0.05, 0) is 63.6 Å². The highest BCUT2D eigenvalue weighted by molar-refractivity contribution is 7.90. The number of imidazole rings is 1. The summed E-state index contributed by atoms with van der Waals surface area (Å²) in [6, 6.07) is 12.8. The summed E-state index contributed by atoms with van der Waals surface area (Å²) in [5.41, 5.74) is 2.96. The number of pyridine rings is 1. The molecular formula is C27H26N6O2S2. The first-order chi connectivity index (χ1) is 17.9. The molecule has 1 aromatic carbocycles. The smallest absolute Gasteiger partial charge is 0.269 e. The van der Waals surface area contributed by atoms with E-state index in [2.05, 4.69) is 20.6 Å². The van der Waals surface area contributed by atoms with Gasteiger partial charge in [-0.3, -0.25) is 0 Å². The fourth-order valence-corrected chi connectivity index (χ4v) is 7.77. The van der Waals surface area contributed by atoms with E-state index in [4.69, 9.17) is 4.98 Å². The molecule has 0 bridgehead atoms. The van der Waals surface area contributed by atoms with Gasteiger partial charge in [0, 0.05) is 24.0 Å². The molecule has 10 heteroatoms. The zero-order valence-corrected chi connectivity index (χ0v) is 22.3. The minimum Gasteiger partial charge on any atom is -0.319 e. The number of nitrogens with zero attached hydrogens (tertiary/aromatic N) is 6. The number of nitriles is 1. The molecule has 8 nitrogen and oxygen atoms in total. The molecule has 1 aliphatic carbocycles. The summed E-state index contributed by atoms with van der Waals surface area (Å²) in [6.07, 6.45) is 7.70. The Morgan fingerprint density at radius 1 is 1.08 bits per heavy atom. The maximum absolute atomic E-state index is 13.5. The minimum atomic E-state index is -3.81. The molecule has 0 atom stereocenters. The third-order valence-corrected chi connectivity index (χ3v) is 10.0. The van der Waals surface area contributed by atoms with Crippen LogP contribution in [0.4, 0.5) is 0 Å². The molecule has 37 heavy (non-hydrogen) atoms. The van der Waals surface area contributed by atoms with E-state index in [0.29, 0.717) is 18.0 Å². The second-order valence-electron chi connectivity index (χ2n) is 9.65. The summed E-state index contributed by atoms with van der Waals surface area (Å²) < 4.78 is 30.5. The van der Waals surface area contributed by atoms with Crippen LogP contribution in [0.1, 0.15) is 48.8 Å². The SMILES string of the molecule is Cc1nc(C)c(-c2nc3cnc4c(ccn4S(=O)(=O)c4ccccc4)c3n2[C@H]2CC[C@H](CC#N)CC2)s1. The van der Waals surface area contributed by atoms with Crippen molar-refractivity contribution in [3.05, 3.63) is 59.5 Å². The molecule has 0 saturated heterocycles. The molecule has 5 aromatic rings. The van der Waals surface area contributed by atoms with Gasteiger partial charge < -0.3 is 4.57 Å². The molecule has 1 saturated carbocycles. The number of aryl methyl sites for hydroxylation is 2. The van der Waals surface area contributed by atoms with Crippen molar-refractivity contribution >= 4 is 43.4 Å². The summed E-state index contributed by atoms with van der Waals surface area (Å²) in [6.45, 7) is 4.00. The van der Waals surface area contributed by atoms with Crippen molar-refractivity contribution in [3.8, 4) is 16.8 Å². The quantitative estimate of drug-likeness (QED) is 0.275. The number of fused-ring (bicyclic) bond motifs is 3. The van der Waals surface area contributed by atoms with E-state index >= 15 is 0 Å². The van der Waals surface area contributed by atoms with Crippen molar-refractivity contribution in [2.24, 2.45) is 5.92 Å². The van der Waals surface area contributed by atoms with Gasteiger partial charge in [0.25, 0.3) is 10.0 Å². The van der Waals surface area contributed by atoms with Gasteiger partial charge in [0.05, 0.1) is 38.3 Å². The first-order valence-corrected chi connectivity index (χ1v) is 14.6. The van der Waals surface area contributed by atoms with E-state index in [1.807, 2.05) is 19.9 Å². The van der Waals surface area contributed by atoms with Gasteiger partial charge in [0.15, 0.2) is 11.5 Å². The lowest BCUT2D eigenvalue weighted by Gasteiger charge is -2.29. The number of rotatable bonds is 5. The summed E-state index contributed by atoms with van der Waals surface area (Å²) in [5.74, 6) is 1.28. The van der Waals surface area contributed by atoms with Gasteiger partial charge in [0.2, 0.25) is 0 Å². The van der Waals surface area contributed by atoms with Gasteiger partial charge in [-0.2, -0.15) is 5.26 Å². The summed E-state index contributed by atoms with van der Waals surface area (Å²) in [5, 5.41) is 10.9. The number of aromatic nitrogens is 5. The first-order valence-electron chi connectivity index (χ1n) is 12.4. The lowest BCUT2D eigenvalue weighted by Crippen LogP contribution is -2.19. The van der Waals surface area contributed by atoms with E-state index in [9.17, 15) is 13.7 Å². The maximum Gasteiger partial charge on any atom is 0.269 e. The molecular weight excluding hydrogens is 504 g/mol. The normalized spacial score (nSPS) is 18.4. The van der Waals surface area contributed by atoms with Crippen molar-refractivity contribution < 1.29 is 8.42 Å². The molecule has 0 aliphatic heterocycles. The second kappa shape index (κ2) is 9.08. The van der Waals surface area contributed by atoms with Crippen LogP contribution in [0, 0.1) is 31.1 Å². The van der Waals surface area contributed by atoms with E-state index in [0.717, 1.165) is 63.5 Å². The molecule has 6 rings (SSSR count). The molecule has 0 spiro atoms. The van der Waals surface area contributed by atoms with Crippen LogP contribution in [0.25, 0.3) is 32.8 Å². The van der Waals surface area contributed by atoms with Crippen LogP contribution in [0.3, 0.4) is 0 Å². The van der Waals surface area contributed by atoms with Crippen LogP contribution in [0.15, 0.2) is 53.7 Å². The van der Waals surface area contributed by atoms with Crippen LogP contribution in [0.5, 0.6) is 0 Å². The van der Waals surface area contributed by atoms with E-state index in [-0.39, 0.29) is 10.9 Å². The van der Waals surface area contributed by atoms with Gasteiger partial charge >= 0.3 is 0 Å². The van der Waals surface area contributed by atoms with Gasteiger partial charge in [-0.1, -0.05) is 18.2 Å².